The fraction of sp³-hybridized carbons (Fsp3) is 0.267. The molecule has 0 atom stereocenters. The highest BCUT2D eigenvalue weighted by molar-refractivity contribution is 6.29. The van der Waals surface area contributed by atoms with Crippen LogP contribution in [0.1, 0.15) is 36.7 Å². The Labute approximate surface area is 123 Å². The van der Waals surface area contributed by atoms with E-state index in [9.17, 15) is 4.79 Å². The van der Waals surface area contributed by atoms with E-state index in [4.69, 9.17) is 11.6 Å². The number of hydrogen-bond acceptors (Lipinski definition) is 3. The molecule has 1 heterocycles. The Kier molecular flexibility index (Phi) is 4.04. The van der Waals surface area contributed by atoms with Crippen molar-refractivity contribution in [2.45, 2.75) is 26.2 Å². The van der Waals surface area contributed by atoms with Crippen molar-refractivity contribution in [3.8, 4) is 0 Å². The number of aromatic nitrogens is 2. The molecular formula is C15H16ClN3O. The van der Waals surface area contributed by atoms with Crippen LogP contribution in [0.3, 0.4) is 0 Å². The maximum atomic E-state index is 12.0. The van der Waals surface area contributed by atoms with Crippen molar-refractivity contribution in [3.63, 3.8) is 0 Å². The van der Waals surface area contributed by atoms with Crippen LogP contribution in [-0.4, -0.2) is 16.1 Å². The number of rotatable bonds is 2. The first-order valence-electron chi connectivity index (χ1n) is 6.27. The van der Waals surface area contributed by atoms with E-state index in [0.29, 0.717) is 11.4 Å². The lowest BCUT2D eigenvalue weighted by Gasteiger charge is -2.19. The Balaban J connectivity index is 2.11. The minimum Gasteiger partial charge on any atom is -0.305 e. The Bertz CT molecular complexity index is 601. The Morgan fingerprint density at radius 1 is 1.05 bits per heavy atom. The van der Waals surface area contributed by atoms with Crippen LogP contribution >= 0.6 is 11.6 Å². The maximum absolute atomic E-state index is 12.0. The molecule has 0 aliphatic heterocycles. The summed E-state index contributed by atoms with van der Waals surface area (Å²) in [7, 11) is 0. The zero-order valence-electron chi connectivity index (χ0n) is 11.6. The maximum Gasteiger partial charge on any atom is 0.256 e. The summed E-state index contributed by atoms with van der Waals surface area (Å²) >= 11 is 5.64. The summed E-state index contributed by atoms with van der Waals surface area (Å²) in [5.41, 5.74) is 1.83. The molecule has 20 heavy (non-hydrogen) atoms. The van der Waals surface area contributed by atoms with Gasteiger partial charge in [-0.1, -0.05) is 44.5 Å². The van der Waals surface area contributed by atoms with Crippen molar-refractivity contribution in [2.24, 2.45) is 0 Å². The third kappa shape index (κ3) is 3.54. The van der Waals surface area contributed by atoms with Crippen LogP contribution in [-0.2, 0) is 5.41 Å². The van der Waals surface area contributed by atoms with Crippen LogP contribution in [0.2, 0.25) is 5.15 Å². The summed E-state index contributed by atoms with van der Waals surface area (Å²) in [5.74, 6) is 0.154. The lowest BCUT2D eigenvalue weighted by molar-refractivity contribution is 0.102. The predicted molar refractivity (Wildman–Crippen MR) is 80.1 cm³/mol. The van der Waals surface area contributed by atoms with E-state index >= 15 is 0 Å². The molecule has 2 rings (SSSR count). The second-order valence-electron chi connectivity index (χ2n) is 5.52. The standard InChI is InChI=1S/C15H16ClN3O/c1-15(2,3)11-6-4-10(5-7-11)14(20)17-13-9-8-12(16)18-19-13/h4-9H,1-3H3,(H,17,19,20). The van der Waals surface area contributed by atoms with Crippen LogP contribution in [0.5, 0.6) is 0 Å². The summed E-state index contributed by atoms with van der Waals surface area (Å²) in [6.07, 6.45) is 0. The highest BCUT2D eigenvalue weighted by Crippen LogP contribution is 2.22. The first-order chi connectivity index (χ1) is 9.36. The van der Waals surface area contributed by atoms with Gasteiger partial charge in [0.15, 0.2) is 11.0 Å². The molecular weight excluding hydrogens is 274 g/mol. The van der Waals surface area contributed by atoms with Gasteiger partial charge in [0, 0.05) is 5.56 Å². The number of nitrogens with one attached hydrogen (secondary N) is 1. The van der Waals surface area contributed by atoms with E-state index in [2.05, 4.69) is 36.3 Å². The van der Waals surface area contributed by atoms with Gasteiger partial charge in [-0.25, -0.2) is 0 Å². The topological polar surface area (TPSA) is 54.9 Å². The Morgan fingerprint density at radius 2 is 1.70 bits per heavy atom. The van der Waals surface area contributed by atoms with Crippen LogP contribution < -0.4 is 5.32 Å². The monoisotopic (exact) mass is 289 g/mol. The number of benzene rings is 1. The number of carbonyl (C=O) groups excluding carboxylic acids is 1. The molecule has 0 bridgehead atoms. The minimum absolute atomic E-state index is 0.0661. The molecule has 2 aromatic rings. The molecule has 0 radical (unpaired) electrons. The largest absolute Gasteiger partial charge is 0.305 e. The first-order valence-corrected chi connectivity index (χ1v) is 6.65. The molecule has 0 spiro atoms. The molecule has 0 aliphatic rings. The second kappa shape index (κ2) is 5.59. The van der Waals surface area contributed by atoms with Gasteiger partial charge in [-0.15, -0.1) is 10.2 Å². The van der Waals surface area contributed by atoms with Crippen LogP contribution in [0.4, 0.5) is 5.82 Å². The normalized spacial score (nSPS) is 11.2. The number of hydrogen-bond donors (Lipinski definition) is 1. The summed E-state index contributed by atoms with van der Waals surface area (Å²) in [6.45, 7) is 6.39. The van der Waals surface area contributed by atoms with E-state index in [1.807, 2.05) is 12.1 Å². The van der Waals surface area contributed by atoms with Gasteiger partial charge < -0.3 is 5.32 Å². The average molecular weight is 290 g/mol. The summed E-state index contributed by atoms with van der Waals surface area (Å²) < 4.78 is 0. The van der Waals surface area contributed by atoms with Crippen molar-refractivity contribution < 1.29 is 4.79 Å². The number of amides is 1. The van der Waals surface area contributed by atoms with Crippen molar-refractivity contribution in [1.82, 2.24) is 10.2 Å². The Morgan fingerprint density at radius 3 is 2.20 bits per heavy atom. The SMILES string of the molecule is CC(C)(C)c1ccc(C(=O)Nc2ccc(Cl)nn2)cc1. The minimum atomic E-state index is -0.220. The van der Waals surface area contributed by atoms with Crippen molar-refractivity contribution in [3.05, 3.63) is 52.7 Å². The summed E-state index contributed by atoms with van der Waals surface area (Å²) in [6, 6.07) is 10.7. The molecule has 4 nitrogen and oxygen atoms in total. The van der Waals surface area contributed by atoms with E-state index in [0.717, 1.165) is 0 Å². The third-order valence-corrected chi connectivity index (χ3v) is 3.09. The molecule has 1 aromatic carbocycles. The van der Waals surface area contributed by atoms with Gasteiger partial charge in [0.05, 0.1) is 0 Å². The fourth-order valence-electron chi connectivity index (χ4n) is 1.69. The molecule has 104 valence electrons. The fourth-order valence-corrected chi connectivity index (χ4v) is 1.79. The molecule has 0 saturated heterocycles. The van der Waals surface area contributed by atoms with E-state index in [1.54, 1.807) is 24.3 Å². The highest BCUT2D eigenvalue weighted by Gasteiger charge is 2.14. The predicted octanol–water partition coefficient (Wildman–Crippen LogP) is 3.68. The lowest BCUT2D eigenvalue weighted by atomic mass is 9.87. The van der Waals surface area contributed by atoms with Gasteiger partial charge in [-0.05, 0) is 35.2 Å². The molecule has 5 heteroatoms. The second-order valence-corrected chi connectivity index (χ2v) is 5.91. The van der Waals surface area contributed by atoms with Crippen molar-refractivity contribution in [1.29, 1.82) is 0 Å². The third-order valence-electron chi connectivity index (χ3n) is 2.89. The molecule has 0 aliphatic carbocycles. The van der Waals surface area contributed by atoms with E-state index in [-0.39, 0.29) is 16.5 Å². The number of halogens is 1. The zero-order valence-corrected chi connectivity index (χ0v) is 12.4. The van der Waals surface area contributed by atoms with Crippen molar-refractivity contribution >= 4 is 23.3 Å². The molecule has 1 N–H and O–H groups in total. The highest BCUT2D eigenvalue weighted by atomic mass is 35.5. The zero-order chi connectivity index (χ0) is 14.8. The molecule has 0 saturated carbocycles. The van der Waals surface area contributed by atoms with Gasteiger partial charge in [-0.2, -0.15) is 0 Å². The molecule has 0 unspecified atom stereocenters. The van der Waals surface area contributed by atoms with E-state index < -0.39 is 0 Å². The van der Waals surface area contributed by atoms with Gasteiger partial charge in [0.25, 0.3) is 5.91 Å². The molecule has 1 aromatic heterocycles. The number of nitrogens with zero attached hydrogens (tertiary/aromatic N) is 2. The van der Waals surface area contributed by atoms with Crippen LogP contribution in [0.15, 0.2) is 36.4 Å². The molecule has 0 fully saturated rings. The van der Waals surface area contributed by atoms with Crippen LogP contribution in [0.25, 0.3) is 0 Å². The number of anilines is 1. The Hall–Kier alpha value is -1.94. The van der Waals surface area contributed by atoms with Crippen molar-refractivity contribution in [2.75, 3.05) is 5.32 Å². The quantitative estimate of drug-likeness (QED) is 0.917. The van der Waals surface area contributed by atoms with E-state index in [1.165, 1.54) is 5.56 Å². The van der Waals surface area contributed by atoms with Gasteiger partial charge in [-0.3, -0.25) is 4.79 Å². The van der Waals surface area contributed by atoms with Gasteiger partial charge in [0.1, 0.15) is 0 Å². The summed E-state index contributed by atoms with van der Waals surface area (Å²) in [4.78, 5) is 12.0. The molecule has 1 amide bonds. The van der Waals surface area contributed by atoms with Gasteiger partial charge >= 0.3 is 0 Å². The number of carbonyl (C=O) groups is 1. The van der Waals surface area contributed by atoms with Crippen LogP contribution in [0, 0.1) is 0 Å². The summed E-state index contributed by atoms with van der Waals surface area (Å²) in [5, 5.41) is 10.4. The lowest BCUT2D eigenvalue weighted by Crippen LogP contribution is -2.15. The smallest absolute Gasteiger partial charge is 0.256 e. The first kappa shape index (κ1) is 14.5. The average Bonchev–Trinajstić information content (AvgIpc) is 2.40. The van der Waals surface area contributed by atoms with Gasteiger partial charge in [0.2, 0.25) is 0 Å².